The molecule has 6 nitrogen and oxygen atoms in total. The lowest BCUT2D eigenvalue weighted by Crippen LogP contribution is -2.37. The van der Waals surface area contributed by atoms with Crippen molar-refractivity contribution in [3.63, 3.8) is 0 Å². The molecule has 0 saturated heterocycles. The second kappa shape index (κ2) is 8.31. The molecule has 8 heteroatoms. The number of benzene rings is 2. The maximum atomic E-state index is 12.5. The van der Waals surface area contributed by atoms with Gasteiger partial charge >= 0.3 is 0 Å². The zero-order valence-electron chi connectivity index (χ0n) is 15.7. The number of hydrogen-bond donors (Lipinski definition) is 2. The molecule has 4 rings (SSSR count). The molecule has 2 heterocycles. The highest BCUT2D eigenvalue weighted by Crippen LogP contribution is 2.35. The van der Waals surface area contributed by atoms with Crippen LogP contribution < -0.4 is 20.1 Å². The summed E-state index contributed by atoms with van der Waals surface area (Å²) < 4.78 is 12.0. The zero-order chi connectivity index (χ0) is 20.4. The Balaban J connectivity index is 1.35. The Labute approximate surface area is 176 Å². The van der Waals surface area contributed by atoms with Crippen LogP contribution in [0.2, 0.25) is 5.02 Å². The molecule has 0 unspecified atom stereocenters. The molecule has 2 N–H and O–H groups in total. The third-order valence-corrected chi connectivity index (χ3v) is 6.27. The monoisotopic (exact) mass is 430 g/mol. The van der Waals surface area contributed by atoms with E-state index in [1.165, 1.54) is 11.3 Å². The number of nitrogens with one attached hydrogen (secondary N) is 2. The van der Waals surface area contributed by atoms with E-state index in [-0.39, 0.29) is 24.4 Å². The van der Waals surface area contributed by atoms with Gasteiger partial charge in [0.2, 0.25) is 5.91 Å². The van der Waals surface area contributed by atoms with E-state index in [1.807, 2.05) is 49.4 Å². The SMILES string of the molecule is C[C@@H](NC(=O)CNC(=O)c1sc2ccccc2c1Cl)c1ccc2c(c1)OCCO2. The van der Waals surface area contributed by atoms with Crippen LogP contribution in [0.5, 0.6) is 11.5 Å². The molecule has 0 bridgehead atoms. The first kappa shape index (κ1) is 19.5. The van der Waals surface area contributed by atoms with E-state index >= 15 is 0 Å². The van der Waals surface area contributed by atoms with Gasteiger partial charge in [-0.3, -0.25) is 9.59 Å². The van der Waals surface area contributed by atoms with Crippen LogP contribution in [0, 0.1) is 0 Å². The lowest BCUT2D eigenvalue weighted by atomic mass is 10.1. The fraction of sp³-hybridized carbons (Fsp3) is 0.238. The average Bonchev–Trinajstić information content (AvgIpc) is 3.08. The van der Waals surface area contributed by atoms with Gasteiger partial charge in [0.15, 0.2) is 11.5 Å². The number of halogens is 1. The summed E-state index contributed by atoms with van der Waals surface area (Å²) >= 11 is 7.62. The molecule has 150 valence electrons. The molecule has 2 aromatic carbocycles. The number of hydrogen-bond acceptors (Lipinski definition) is 5. The standard InChI is InChI=1S/C21H19ClN2O4S/c1-12(13-6-7-15-16(10-13)28-9-8-27-15)24-18(25)11-23-21(26)20-19(22)14-4-2-3-5-17(14)29-20/h2-7,10,12H,8-9,11H2,1H3,(H,23,26)(H,24,25)/t12-/m1/s1. The van der Waals surface area contributed by atoms with Gasteiger partial charge in [-0.1, -0.05) is 35.9 Å². The Morgan fingerprint density at radius 3 is 2.69 bits per heavy atom. The van der Waals surface area contributed by atoms with Crippen molar-refractivity contribution in [2.45, 2.75) is 13.0 Å². The zero-order valence-corrected chi connectivity index (χ0v) is 17.2. The van der Waals surface area contributed by atoms with Crippen LogP contribution in [0.25, 0.3) is 10.1 Å². The van der Waals surface area contributed by atoms with Gasteiger partial charge < -0.3 is 20.1 Å². The molecule has 1 aliphatic heterocycles. The molecule has 1 aliphatic rings. The van der Waals surface area contributed by atoms with Crippen molar-refractivity contribution in [1.29, 1.82) is 0 Å². The van der Waals surface area contributed by atoms with E-state index in [2.05, 4.69) is 10.6 Å². The Morgan fingerprint density at radius 1 is 1.14 bits per heavy atom. The Bertz CT molecular complexity index is 1080. The Hall–Kier alpha value is -2.77. The van der Waals surface area contributed by atoms with Crippen molar-refractivity contribution in [2.24, 2.45) is 0 Å². The summed E-state index contributed by atoms with van der Waals surface area (Å²) in [5.74, 6) is 0.713. The summed E-state index contributed by atoms with van der Waals surface area (Å²) in [6.45, 7) is 2.76. The molecule has 3 aromatic rings. The molecule has 2 amide bonds. The minimum Gasteiger partial charge on any atom is -0.486 e. The molecule has 0 fully saturated rings. The second-order valence-electron chi connectivity index (χ2n) is 6.62. The first-order chi connectivity index (χ1) is 14.0. The molecule has 0 aliphatic carbocycles. The van der Waals surface area contributed by atoms with E-state index in [0.29, 0.717) is 34.6 Å². The van der Waals surface area contributed by atoms with Crippen molar-refractivity contribution in [2.75, 3.05) is 19.8 Å². The normalized spacial score (nSPS) is 13.7. The predicted molar refractivity (Wildman–Crippen MR) is 113 cm³/mol. The fourth-order valence-corrected chi connectivity index (χ4v) is 4.54. The molecule has 0 radical (unpaired) electrons. The number of carbonyl (C=O) groups is 2. The average molecular weight is 431 g/mol. The van der Waals surface area contributed by atoms with Crippen LogP contribution in [0.4, 0.5) is 0 Å². The summed E-state index contributed by atoms with van der Waals surface area (Å²) in [5, 5.41) is 6.75. The van der Waals surface area contributed by atoms with Crippen LogP contribution in [0.1, 0.15) is 28.2 Å². The van der Waals surface area contributed by atoms with E-state index in [4.69, 9.17) is 21.1 Å². The van der Waals surface area contributed by atoms with Gasteiger partial charge in [-0.15, -0.1) is 11.3 Å². The van der Waals surface area contributed by atoms with Crippen molar-refractivity contribution in [3.8, 4) is 11.5 Å². The minimum atomic E-state index is -0.363. The lowest BCUT2D eigenvalue weighted by molar-refractivity contribution is -0.120. The maximum absolute atomic E-state index is 12.5. The van der Waals surface area contributed by atoms with Crippen LogP contribution in [0.15, 0.2) is 42.5 Å². The molecule has 29 heavy (non-hydrogen) atoms. The van der Waals surface area contributed by atoms with Crippen molar-refractivity contribution in [3.05, 3.63) is 57.9 Å². The van der Waals surface area contributed by atoms with Crippen molar-refractivity contribution in [1.82, 2.24) is 10.6 Å². The van der Waals surface area contributed by atoms with Crippen molar-refractivity contribution >= 4 is 44.8 Å². The van der Waals surface area contributed by atoms with Gasteiger partial charge in [0.25, 0.3) is 5.91 Å². The summed E-state index contributed by atoms with van der Waals surface area (Å²) in [4.78, 5) is 25.2. The van der Waals surface area contributed by atoms with Gasteiger partial charge in [0, 0.05) is 10.1 Å². The number of rotatable bonds is 5. The topological polar surface area (TPSA) is 76.7 Å². The first-order valence-electron chi connectivity index (χ1n) is 9.17. The fourth-order valence-electron chi connectivity index (χ4n) is 3.11. The van der Waals surface area contributed by atoms with Gasteiger partial charge in [-0.05, 0) is 30.7 Å². The number of thiophene rings is 1. The van der Waals surface area contributed by atoms with E-state index in [1.54, 1.807) is 0 Å². The summed E-state index contributed by atoms with van der Waals surface area (Å²) in [6, 6.07) is 12.9. The third-order valence-electron chi connectivity index (χ3n) is 4.59. The number of amides is 2. The van der Waals surface area contributed by atoms with Crippen LogP contribution in [-0.4, -0.2) is 31.6 Å². The predicted octanol–water partition coefficient (Wildman–Crippen LogP) is 3.93. The summed E-state index contributed by atoms with van der Waals surface area (Å²) in [6.07, 6.45) is 0. The Kier molecular flexibility index (Phi) is 5.60. The third kappa shape index (κ3) is 4.16. The van der Waals surface area contributed by atoms with E-state index < -0.39 is 0 Å². The lowest BCUT2D eigenvalue weighted by Gasteiger charge is -2.21. The van der Waals surface area contributed by atoms with E-state index in [0.717, 1.165) is 15.6 Å². The quantitative estimate of drug-likeness (QED) is 0.643. The van der Waals surface area contributed by atoms with E-state index in [9.17, 15) is 9.59 Å². The number of ether oxygens (including phenoxy) is 2. The highest BCUT2D eigenvalue weighted by atomic mass is 35.5. The highest BCUT2D eigenvalue weighted by Gasteiger charge is 2.19. The first-order valence-corrected chi connectivity index (χ1v) is 10.4. The number of carbonyl (C=O) groups excluding carboxylic acids is 2. The molecular formula is C21H19ClN2O4S. The van der Waals surface area contributed by atoms with Crippen molar-refractivity contribution < 1.29 is 19.1 Å². The maximum Gasteiger partial charge on any atom is 0.263 e. The van der Waals surface area contributed by atoms with Gasteiger partial charge in [0.05, 0.1) is 17.6 Å². The molecular weight excluding hydrogens is 412 g/mol. The smallest absolute Gasteiger partial charge is 0.263 e. The number of fused-ring (bicyclic) bond motifs is 2. The molecule has 1 atom stereocenters. The Morgan fingerprint density at radius 2 is 1.90 bits per heavy atom. The van der Waals surface area contributed by atoms with Crippen LogP contribution in [-0.2, 0) is 4.79 Å². The largest absolute Gasteiger partial charge is 0.486 e. The molecule has 0 saturated carbocycles. The van der Waals surface area contributed by atoms with Crippen LogP contribution in [0.3, 0.4) is 0 Å². The van der Waals surface area contributed by atoms with Crippen LogP contribution >= 0.6 is 22.9 Å². The highest BCUT2D eigenvalue weighted by molar-refractivity contribution is 7.21. The molecule has 0 spiro atoms. The second-order valence-corrected chi connectivity index (χ2v) is 8.05. The molecule has 1 aromatic heterocycles. The summed E-state index contributed by atoms with van der Waals surface area (Å²) in [5.41, 5.74) is 0.890. The van der Waals surface area contributed by atoms with Gasteiger partial charge in [-0.25, -0.2) is 0 Å². The summed E-state index contributed by atoms with van der Waals surface area (Å²) in [7, 11) is 0. The van der Waals surface area contributed by atoms with Gasteiger partial charge in [0.1, 0.15) is 18.1 Å². The van der Waals surface area contributed by atoms with Gasteiger partial charge in [-0.2, -0.15) is 0 Å². The minimum absolute atomic E-state index is 0.141.